The summed E-state index contributed by atoms with van der Waals surface area (Å²) in [7, 11) is 3.43. The average molecular weight is 1840 g/mol. The second kappa shape index (κ2) is 40.5. The number of imide groups is 4. The molecule has 0 bridgehead atoms. The van der Waals surface area contributed by atoms with Gasteiger partial charge in [-0.2, -0.15) is 20.2 Å². The highest BCUT2D eigenvalue weighted by atomic mass is 35.5. The van der Waals surface area contributed by atoms with Gasteiger partial charge in [0.25, 0.3) is 23.6 Å². The maximum Gasteiger partial charge on any atom is 0.355 e. The van der Waals surface area contributed by atoms with Crippen LogP contribution in [0.5, 0.6) is 0 Å². The Hall–Kier alpha value is -15.4. The summed E-state index contributed by atoms with van der Waals surface area (Å²) in [5, 5.41) is 36.5. The van der Waals surface area contributed by atoms with E-state index in [1.54, 1.807) is 60.1 Å². The largest absolute Gasteiger partial charge is 0.379 e. The van der Waals surface area contributed by atoms with Crippen molar-refractivity contribution in [3.05, 3.63) is 240 Å². The normalized spacial score (nSPS) is 14.6. The van der Waals surface area contributed by atoms with Crippen LogP contribution in [0.15, 0.2) is 128 Å². The molecular formula is C80H68Cl2F6N24O18. The number of rotatable bonds is 31. The molecule has 2 saturated heterocycles. The zero-order chi connectivity index (χ0) is 93.1. The van der Waals surface area contributed by atoms with E-state index < -0.39 is 167 Å². The number of ether oxygens (including phenoxy) is 4. The van der Waals surface area contributed by atoms with E-state index in [9.17, 15) is 93.5 Å². The number of carbonyl (C=O) groups excluding carboxylic acids is 10. The number of aryl methyl sites for hydroxylation is 2. The molecule has 0 saturated carbocycles. The fourth-order valence-electron chi connectivity index (χ4n) is 13.7. The number of nitrogens with one attached hydrogen (secondary N) is 6. The summed E-state index contributed by atoms with van der Waals surface area (Å²) in [6.07, 6.45) is 10.1. The molecule has 130 heavy (non-hydrogen) atoms. The Bertz CT molecular complexity index is 6820. The van der Waals surface area contributed by atoms with Gasteiger partial charge in [-0.15, -0.1) is 11.5 Å². The predicted octanol–water partition coefficient (Wildman–Crippen LogP) is 5.02. The molecule has 2 atom stereocenters. The fraction of sp³-hybridized carbons (Fsp3) is 0.275. The van der Waals surface area contributed by atoms with E-state index in [0.29, 0.717) is 55.2 Å². The molecule has 0 aliphatic carbocycles. The first-order chi connectivity index (χ1) is 62.2. The van der Waals surface area contributed by atoms with Crippen LogP contribution in [0.4, 0.5) is 61.0 Å². The third-order valence-electron chi connectivity index (χ3n) is 19.8. The highest BCUT2D eigenvalue weighted by Gasteiger charge is 2.48. The summed E-state index contributed by atoms with van der Waals surface area (Å²) in [6.45, 7) is -1.80. The minimum atomic E-state index is -1.43. The number of azide groups is 1. The van der Waals surface area contributed by atoms with Crippen LogP contribution in [0.25, 0.3) is 32.2 Å². The Morgan fingerprint density at radius 3 is 1.45 bits per heavy atom. The van der Waals surface area contributed by atoms with Gasteiger partial charge >= 0.3 is 22.8 Å². The van der Waals surface area contributed by atoms with Gasteiger partial charge in [0.15, 0.2) is 23.3 Å². The summed E-state index contributed by atoms with van der Waals surface area (Å²) in [5.74, 6) is -12.7. The van der Waals surface area contributed by atoms with Crippen LogP contribution in [-0.2, 0) is 94.5 Å². The number of amides is 10. The Labute approximate surface area is 734 Å². The number of hydrogen-bond acceptors (Lipinski definition) is 27. The third kappa shape index (κ3) is 21.0. The molecule has 4 aliphatic heterocycles. The number of hydrogen-bond donors (Lipinski definition) is 6. The van der Waals surface area contributed by atoms with Crippen molar-refractivity contribution >= 4 is 139 Å². The van der Waals surface area contributed by atoms with Crippen LogP contribution in [0, 0.1) is 47.2 Å². The van der Waals surface area contributed by atoms with Gasteiger partial charge in [-0.25, -0.2) is 59.3 Å². The lowest BCUT2D eigenvalue weighted by Crippen LogP contribution is -2.54. The van der Waals surface area contributed by atoms with Crippen molar-refractivity contribution in [2.75, 3.05) is 80.7 Å². The van der Waals surface area contributed by atoms with E-state index in [-0.39, 0.29) is 163 Å². The molecule has 15 rings (SSSR count). The molecule has 6 aromatic carbocycles. The minimum absolute atomic E-state index is 0.0000235. The van der Waals surface area contributed by atoms with Crippen LogP contribution < -0.4 is 54.7 Å². The van der Waals surface area contributed by atoms with Gasteiger partial charge in [-0.3, -0.25) is 86.9 Å². The fourth-order valence-corrected chi connectivity index (χ4v) is 14.2. The van der Waals surface area contributed by atoms with Crippen molar-refractivity contribution in [2.45, 2.75) is 70.5 Å². The number of aromatic nitrogens is 13. The van der Waals surface area contributed by atoms with Crippen LogP contribution >= 0.6 is 23.2 Å². The molecule has 6 N–H and O–H groups in total. The van der Waals surface area contributed by atoms with E-state index in [4.69, 9.17) is 54.1 Å². The van der Waals surface area contributed by atoms with Crippen LogP contribution in [0.1, 0.15) is 83.9 Å². The summed E-state index contributed by atoms with van der Waals surface area (Å²) in [6, 6.07) is 14.7. The van der Waals surface area contributed by atoms with Gasteiger partial charge in [0, 0.05) is 84.8 Å². The van der Waals surface area contributed by atoms with Crippen molar-refractivity contribution in [3.63, 3.8) is 0 Å². The molecule has 50 heteroatoms. The van der Waals surface area contributed by atoms with Gasteiger partial charge in [-0.1, -0.05) is 51.6 Å². The van der Waals surface area contributed by atoms with Crippen molar-refractivity contribution < 1.29 is 93.2 Å². The second-order valence-corrected chi connectivity index (χ2v) is 29.4. The van der Waals surface area contributed by atoms with Crippen LogP contribution in [0.2, 0.25) is 10.0 Å². The molecule has 9 heterocycles. The monoisotopic (exact) mass is 1840 g/mol. The number of carbonyl (C=O) groups is 10. The summed E-state index contributed by atoms with van der Waals surface area (Å²) < 4.78 is 113. The van der Waals surface area contributed by atoms with Crippen molar-refractivity contribution in [1.29, 1.82) is 0 Å². The molecule has 42 nitrogen and oxygen atoms in total. The molecule has 5 aromatic heterocycles. The van der Waals surface area contributed by atoms with E-state index in [0.717, 1.165) is 18.9 Å². The molecular weight excluding hydrogens is 1770 g/mol. The van der Waals surface area contributed by atoms with Crippen molar-refractivity contribution in [3.8, 4) is 12.3 Å². The number of terminal acetylenes is 1. The molecule has 2 fully saturated rings. The smallest absolute Gasteiger partial charge is 0.355 e. The lowest BCUT2D eigenvalue weighted by atomic mass is 10.0. The molecule has 0 radical (unpaired) electrons. The molecule has 672 valence electrons. The van der Waals surface area contributed by atoms with E-state index in [1.807, 2.05) is 0 Å². The first-order valence-corrected chi connectivity index (χ1v) is 39.5. The highest BCUT2D eigenvalue weighted by molar-refractivity contribution is 6.35. The first-order valence-electron chi connectivity index (χ1n) is 38.7. The molecule has 0 spiro atoms. The van der Waals surface area contributed by atoms with E-state index >= 15 is 0 Å². The lowest BCUT2D eigenvalue weighted by Gasteiger charge is -2.27. The first kappa shape index (κ1) is 92.3. The Balaban J connectivity index is 0.000000185. The lowest BCUT2D eigenvalue weighted by molar-refractivity contribution is -0.137. The Kier molecular flexibility index (Phi) is 28.7. The van der Waals surface area contributed by atoms with E-state index in [1.165, 1.54) is 47.3 Å². The van der Waals surface area contributed by atoms with Crippen molar-refractivity contribution in [2.24, 2.45) is 19.2 Å². The van der Waals surface area contributed by atoms with Gasteiger partial charge < -0.3 is 40.2 Å². The summed E-state index contributed by atoms with van der Waals surface area (Å²) in [4.78, 5) is 189. The van der Waals surface area contributed by atoms with Gasteiger partial charge in [0.05, 0.1) is 145 Å². The SMILES string of the molecule is C#CCn1c(=O)nc(Nc2cc3cn(C)nc3cc2Cl)n(Cc2cc(F)c(F)cc2F)c1=O.Cn1cc2cc(Nc3nc(=O)n(Cc4cn(CCOCCOCC(=O)Nc5cccc6c5C(=O)N(C5CCC(=O)NC5=O)C6=O)nn4)c(=O)n3Cc3cc(F)c(F)cc3F)c(Cl)cc2n1.[N-]=[N+]=NCCOCCOCC(=O)Nc1cccc2c1C(=O)N(C1CCC(=O)NC1=O)C2=O. The van der Waals surface area contributed by atoms with Crippen LogP contribution in [0.3, 0.4) is 0 Å². The summed E-state index contributed by atoms with van der Waals surface area (Å²) in [5.41, 5.74) is 5.38. The standard InChI is InChI=1S/C40H34ClF3N12O9.C21H14ClF3N6O2.C19H20N6O7/c1-52-15-21-12-30(24(41)13-29(21)50-52)46-38-48-39(62)55(40(63)54(38)16-20-11-26(43)27(44)14-25(20)42)18-22-17-53(51-49-22)7-8-64-9-10-65-19-33(58)45-28-4-2-3-23-34(28)37(61)56(36(23)60)31-5-6-32(57)47-35(31)59;1-3-4-30-20(32)27-19(26-18-6-12-9-29(2)28-17(12)7-13(18)22)31(21(30)33)10-11-5-15(24)16(25)8-14(11)23;20-24-21-6-7-31-8-9-32-10-15(27)22-12-3-1-2-11-16(12)19(30)25(18(11)29)13-4-5-14(26)23-17(13)28/h2-4,11-15,17,31H,5-10,16,18-19H2,1H3,(H,45,58)(H,46,48,62)(H,47,57,59);1,5-9H,4,10H2,2H3,(H,26,27,32);1-3,13H,4-10H2,(H,22,27)(H,23,26,28). The van der Waals surface area contributed by atoms with Gasteiger partial charge in [0.1, 0.15) is 42.6 Å². The number of piperidine rings is 2. The van der Waals surface area contributed by atoms with Gasteiger partial charge in [-0.05, 0) is 79.0 Å². The topological polar surface area (TPSA) is 515 Å². The molecule has 10 amide bonds. The van der Waals surface area contributed by atoms with Gasteiger partial charge in [0.2, 0.25) is 47.3 Å². The number of benzene rings is 6. The Morgan fingerprint density at radius 1 is 0.546 bits per heavy atom. The van der Waals surface area contributed by atoms with Crippen LogP contribution in [-0.4, -0.2) is 203 Å². The zero-order valence-corrected chi connectivity index (χ0v) is 69.2. The Morgan fingerprint density at radius 2 is 0.992 bits per heavy atom. The minimum Gasteiger partial charge on any atom is -0.379 e. The molecule has 4 aliphatic rings. The number of halogens is 8. The maximum absolute atomic E-state index is 14.8. The third-order valence-corrected chi connectivity index (χ3v) is 20.4. The second-order valence-electron chi connectivity index (χ2n) is 28.6. The molecule has 2 unspecified atom stereocenters. The molecule has 11 aromatic rings. The number of nitrogens with zero attached hydrogens (tertiary/aromatic N) is 18. The number of fused-ring (bicyclic) bond motifs is 4. The zero-order valence-electron chi connectivity index (χ0n) is 67.7. The highest BCUT2D eigenvalue weighted by Crippen LogP contribution is 2.36. The van der Waals surface area contributed by atoms with E-state index in [2.05, 4.69) is 78.3 Å². The average Bonchev–Trinajstić information content (AvgIpc) is 1.60. The quantitative estimate of drug-likeness (QED) is 0.00485. The summed E-state index contributed by atoms with van der Waals surface area (Å²) >= 11 is 12.8. The predicted molar refractivity (Wildman–Crippen MR) is 443 cm³/mol. The number of anilines is 6. The maximum atomic E-state index is 14.8. The van der Waals surface area contributed by atoms with Crippen molar-refractivity contribution in [1.82, 2.24) is 83.2 Å².